The van der Waals surface area contributed by atoms with Gasteiger partial charge >= 0.3 is 0 Å². The van der Waals surface area contributed by atoms with E-state index in [1.165, 1.54) is 25.7 Å². The summed E-state index contributed by atoms with van der Waals surface area (Å²) in [5.41, 5.74) is 1.68. The second-order valence-electron chi connectivity index (χ2n) is 13.9. The summed E-state index contributed by atoms with van der Waals surface area (Å²) in [6.07, 6.45) is 10.0. The normalized spacial score (nSPS) is 41.0. The number of aliphatic hydroxyl groups excluding tert-OH is 1. The first kappa shape index (κ1) is 27.7. The van der Waals surface area contributed by atoms with E-state index in [1.807, 2.05) is 6.92 Å². The van der Waals surface area contributed by atoms with Gasteiger partial charge in [-0.25, -0.2) is 0 Å². The van der Waals surface area contributed by atoms with Gasteiger partial charge in [0, 0.05) is 19.5 Å². The molecule has 0 radical (unpaired) electrons. The Morgan fingerprint density at radius 1 is 1.08 bits per heavy atom. The first-order valence-corrected chi connectivity index (χ1v) is 15.1. The molecule has 2 amide bonds. The van der Waals surface area contributed by atoms with Gasteiger partial charge in [0.1, 0.15) is 11.3 Å². The van der Waals surface area contributed by atoms with E-state index in [-0.39, 0.29) is 34.8 Å². The van der Waals surface area contributed by atoms with Crippen molar-refractivity contribution in [2.75, 3.05) is 7.05 Å². The van der Waals surface area contributed by atoms with Crippen LogP contribution in [0.5, 0.6) is 0 Å². The number of fused-ring (bicyclic) bond motifs is 5. The van der Waals surface area contributed by atoms with Crippen LogP contribution in [-0.2, 0) is 4.79 Å². The molecule has 3 N–H and O–H groups in total. The molecule has 1 aromatic rings. The van der Waals surface area contributed by atoms with Gasteiger partial charge < -0.3 is 20.3 Å². The fourth-order valence-corrected chi connectivity index (χ4v) is 10.1. The highest BCUT2D eigenvalue weighted by Gasteiger charge is 2.62. The first-order valence-electron chi connectivity index (χ1n) is 15.1. The SMILES string of the molecule is CNC(=O)CC[C@@H](C)[C@H]1CC[C@H]2[C@@H]3[C@H](O)C[C@@H]4C[C@@H](NC(=O)c5c(C)noc5C)CC[C@]4(C)[C@H]3CC[C@]12C. The third kappa shape index (κ3) is 4.50. The third-order valence-corrected chi connectivity index (χ3v) is 12.1. The number of hydrogen-bond acceptors (Lipinski definition) is 5. The second-order valence-corrected chi connectivity index (χ2v) is 13.9. The molecule has 0 aromatic carbocycles. The first-order chi connectivity index (χ1) is 18.0. The molecule has 5 rings (SSSR count). The molecule has 4 aliphatic carbocycles. The molecule has 7 nitrogen and oxygen atoms in total. The molecule has 4 saturated carbocycles. The quantitative estimate of drug-likeness (QED) is 0.473. The van der Waals surface area contributed by atoms with Crippen LogP contribution in [0.25, 0.3) is 0 Å². The van der Waals surface area contributed by atoms with Gasteiger partial charge in [-0.1, -0.05) is 25.9 Å². The monoisotopic (exact) mass is 527 g/mol. The third-order valence-electron chi connectivity index (χ3n) is 12.1. The van der Waals surface area contributed by atoms with E-state index in [0.29, 0.717) is 58.9 Å². The Hall–Kier alpha value is -1.89. The zero-order valence-electron chi connectivity index (χ0n) is 24.3. The molecule has 1 heterocycles. The maximum absolute atomic E-state index is 13.0. The van der Waals surface area contributed by atoms with Crippen molar-refractivity contribution in [2.24, 2.45) is 46.3 Å². The van der Waals surface area contributed by atoms with Crippen molar-refractivity contribution >= 4 is 11.8 Å². The van der Waals surface area contributed by atoms with Gasteiger partial charge in [0.05, 0.1) is 11.8 Å². The number of aliphatic hydroxyl groups is 1. The molecule has 38 heavy (non-hydrogen) atoms. The summed E-state index contributed by atoms with van der Waals surface area (Å²) < 4.78 is 5.21. The summed E-state index contributed by atoms with van der Waals surface area (Å²) in [5, 5.41) is 21.7. The van der Waals surface area contributed by atoms with Crippen molar-refractivity contribution < 1.29 is 19.2 Å². The Kier molecular flexibility index (Phi) is 7.47. The Balaban J connectivity index is 1.27. The number of rotatable bonds is 6. The van der Waals surface area contributed by atoms with Crippen LogP contribution in [0.1, 0.15) is 107 Å². The van der Waals surface area contributed by atoms with Gasteiger partial charge in [0.25, 0.3) is 5.91 Å². The molecule has 0 spiro atoms. The molecule has 0 unspecified atom stereocenters. The fraction of sp³-hybridized carbons (Fsp3) is 0.839. The highest BCUT2D eigenvalue weighted by molar-refractivity contribution is 5.96. The number of carbonyl (C=O) groups is 2. The van der Waals surface area contributed by atoms with Gasteiger partial charge in [-0.2, -0.15) is 0 Å². The fourth-order valence-electron chi connectivity index (χ4n) is 10.1. The second kappa shape index (κ2) is 10.3. The molecule has 4 fully saturated rings. The van der Waals surface area contributed by atoms with Crippen LogP contribution in [0, 0.1) is 60.2 Å². The highest BCUT2D eigenvalue weighted by Crippen LogP contribution is 2.68. The highest BCUT2D eigenvalue weighted by atomic mass is 16.5. The summed E-state index contributed by atoms with van der Waals surface area (Å²) in [6.45, 7) is 10.9. The van der Waals surface area contributed by atoms with Crippen LogP contribution in [0.3, 0.4) is 0 Å². The predicted octanol–water partition coefficient (Wildman–Crippen LogP) is 5.18. The topological polar surface area (TPSA) is 104 Å². The van der Waals surface area contributed by atoms with Crippen LogP contribution in [0.2, 0.25) is 0 Å². The number of aromatic nitrogens is 1. The minimum Gasteiger partial charge on any atom is -0.393 e. The van der Waals surface area contributed by atoms with Crippen LogP contribution in [0.4, 0.5) is 0 Å². The van der Waals surface area contributed by atoms with E-state index in [9.17, 15) is 14.7 Å². The average Bonchev–Trinajstić information content (AvgIpc) is 3.41. The molecule has 0 bridgehead atoms. The average molecular weight is 528 g/mol. The minimum absolute atomic E-state index is 0.0833. The lowest BCUT2D eigenvalue weighted by Gasteiger charge is -2.62. The standard InChI is InChI=1S/C31H49N3O4/c1-17(7-10-26(36)32-6)22-8-9-23-28-24(12-14-31(22,23)5)30(4)13-11-21(15-20(30)16-25(28)35)33-29(37)27-18(2)34-38-19(27)3/h17,20-25,28,35H,7-16H2,1-6H3,(H,32,36)(H,33,37)/t17-,20+,21+,22-,23+,24+,25-,28+,30+,31-/m1/s1. The summed E-state index contributed by atoms with van der Waals surface area (Å²) in [7, 11) is 1.72. The van der Waals surface area contributed by atoms with Gasteiger partial charge in [0.2, 0.25) is 5.91 Å². The predicted molar refractivity (Wildman–Crippen MR) is 146 cm³/mol. The molecular weight excluding hydrogens is 478 g/mol. The number of nitrogens with one attached hydrogen (secondary N) is 2. The van der Waals surface area contributed by atoms with Crippen LogP contribution in [-0.4, -0.2) is 41.3 Å². The Morgan fingerprint density at radius 3 is 2.47 bits per heavy atom. The lowest BCUT2D eigenvalue weighted by Crippen LogP contribution is -2.59. The lowest BCUT2D eigenvalue weighted by molar-refractivity contribution is -0.166. The summed E-state index contributed by atoms with van der Waals surface area (Å²) in [4.78, 5) is 24.9. The summed E-state index contributed by atoms with van der Waals surface area (Å²) in [5.74, 6) is 3.70. The Bertz CT molecular complexity index is 1030. The molecule has 1 aromatic heterocycles. The summed E-state index contributed by atoms with van der Waals surface area (Å²) in [6, 6.07) is 0.129. The van der Waals surface area contributed by atoms with E-state index in [1.54, 1.807) is 14.0 Å². The zero-order chi connectivity index (χ0) is 27.4. The number of aryl methyl sites for hydroxylation is 2. The number of nitrogens with zero attached hydrogens (tertiary/aromatic N) is 1. The van der Waals surface area contributed by atoms with Crippen LogP contribution in [0.15, 0.2) is 4.52 Å². The van der Waals surface area contributed by atoms with E-state index in [2.05, 4.69) is 36.6 Å². The zero-order valence-corrected chi connectivity index (χ0v) is 24.3. The molecule has 4 aliphatic rings. The maximum atomic E-state index is 13.0. The molecule has 0 saturated heterocycles. The minimum atomic E-state index is -0.264. The smallest absolute Gasteiger partial charge is 0.257 e. The van der Waals surface area contributed by atoms with Gasteiger partial charge in [-0.3, -0.25) is 9.59 Å². The van der Waals surface area contributed by atoms with Gasteiger partial charge in [0.15, 0.2) is 0 Å². The van der Waals surface area contributed by atoms with Crippen molar-refractivity contribution in [3.8, 4) is 0 Å². The maximum Gasteiger partial charge on any atom is 0.257 e. The molecule has 10 atom stereocenters. The number of carbonyl (C=O) groups excluding carboxylic acids is 2. The molecule has 212 valence electrons. The van der Waals surface area contributed by atoms with Crippen LogP contribution >= 0.6 is 0 Å². The summed E-state index contributed by atoms with van der Waals surface area (Å²) >= 11 is 0. The van der Waals surface area contributed by atoms with Crippen molar-refractivity contribution in [1.82, 2.24) is 15.8 Å². The molecule has 0 aliphatic heterocycles. The molecule has 7 heteroatoms. The largest absolute Gasteiger partial charge is 0.393 e. The van der Waals surface area contributed by atoms with E-state index in [4.69, 9.17) is 4.52 Å². The number of hydrogen-bond donors (Lipinski definition) is 3. The van der Waals surface area contributed by atoms with Gasteiger partial charge in [-0.15, -0.1) is 0 Å². The van der Waals surface area contributed by atoms with Crippen molar-refractivity contribution in [2.45, 2.75) is 111 Å². The van der Waals surface area contributed by atoms with E-state index < -0.39 is 0 Å². The molecular formula is C31H49N3O4. The van der Waals surface area contributed by atoms with Crippen LogP contribution < -0.4 is 10.6 Å². The van der Waals surface area contributed by atoms with E-state index in [0.717, 1.165) is 32.1 Å². The van der Waals surface area contributed by atoms with Crippen molar-refractivity contribution in [3.05, 3.63) is 17.0 Å². The van der Waals surface area contributed by atoms with Crippen molar-refractivity contribution in [1.29, 1.82) is 0 Å². The Labute approximate surface area is 228 Å². The van der Waals surface area contributed by atoms with E-state index >= 15 is 0 Å². The lowest BCUT2D eigenvalue weighted by atomic mass is 9.43. The number of amides is 2. The Morgan fingerprint density at radius 2 is 1.79 bits per heavy atom. The van der Waals surface area contributed by atoms with Gasteiger partial charge in [-0.05, 0) is 118 Å². The van der Waals surface area contributed by atoms with Crippen molar-refractivity contribution in [3.63, 3.8) is 0 Å².